The minimum absolute atomic E-state index is 0.0184. The van der Waals surface area contributed by atoms with Crippen LogP contribution in [0.4, 0.5) is 4.79 Å². The Morgan fingerprint density at radius 3 is 2.49 bits per heavy atom. The molecule has 0 aliphatic carbocycles. The molecule has 2 aromatic heterocycles. The number of amides is 1. The van der Waals surface area contributed by atoms with E-state index >= 15 is 0 Å². The van der Waals surface area contributed by atoms with Gasteiger partial charge in [-0.2, -0.15) is 13.5 Å². The fourth-order valence-corrected chi connectivity index (χ4v) is 7.78. The predicted octanol–water partition coefficient (Wildman–Crippen LogP) is 5.78. The second-order valence-electron chi connectivity index (χ2n) is 12.6. The van der Waals surface area contributed by atoms with Crippen molar-refractivity contribution in [3.63, 3.8) is 0 Å². The average Bonchev–Trinajstić information content (AvgIpc) is 3.61. The van der Waals surface area contributed by atoms with Crippen LogP contribution >= 0.6 is 11.6 Å². The van der Waals surface area contributed by atoms with Gasteiger partial charge in [-0.1, -0.05) is 24.1 Å². The molecule has 45 heavy (non-hydrogen) atoms. The van der Waals surface area contributed by atoms with Crippen LogP contribution in [0.25, 0.3) is 22.2 Å². The summed E-state index contributed by atoms with van der Waals surface area (Å²) in [5.41, 5.74) is 2.64. The Kier molecular flexibility index (Phi) is 7.95. The van der Waals surface area contributed by atoms with E-state index in [2.05, 4.69) is 21.4 Å². The number of hydrogen-bond acceptors (Lipinski definition) is 8. The molecule has 4 heterocycles. The van der Waals surface area contributed by atoms with Gasteiger partial charge in [-0.3, -0.25) is 14.4 Å². The number of aryl methyl sites for hydroxylation is 2. The van der Waals surface area contributed by atoms with Gasteiger partial charge in [0.1, 0.15) is 16.5 Å². The SMILES string of the molecule is Cc1nn(C)c(Cl)c1S(=O)(=O)Oc1ccc(-c2cc3cc(CN4CCCCC4)ccc3n2C(=O)OC(C)(C)C)c2c1CNC2=O. The monoisotopic (exact) mass is 653 g/mol. The Morgan fingerprint density at radius 1 is 1.09 bits per heavy atom. The molecule has 238 valence electrons. The first-order valence-corrected chi connectivity index (χ1v) is 16.7. The van der Waals surface area contributed by atoms with Crippen LogP contribution in [0.2, 0.25) is 5.15 Å². The molecule has 0 unspecified atom stereocenters. The minimum atomic E-state index is -4.39. The highest BCUT2D eigenvalue weighted by Crippen LogP contribution is 2.39. The van der Waals surface area contributed by atoms with Gasteiger partial charge < -0.3 is 14.2 Å². The Labute approximate surface area is 267 Å². The van der Waals surface area contributed by atoms with E-state index < -0.39 is 27.7 Å². The molecule has 2 aromatic carbocycles. The number of fused-ring (bicyclic) bond motifs is 2. The summed E-state index contributed by atoms with van der Waals surface area (Å²) in [5.74, 6) is -0.430. The summed E-state index contributed by atoms with van der Waals surface area (Å²) >= 11 is 6.23. The third-order valence-electron chi connectivity index (χ3n) is 8.05. The van der Waals surface area contributed by atoms with Crippen molar-refractivity contribution in [2.75, 3.05) is 13.1 Å². The smallest absolute Gasteiger partial charge is 0.419 e. The third-order valence-corrected chi connectivity index (χ3v) is 9.98. The number of piperidine rings is 1. The quantitative estimate of drug-likeness (QED) is 0.260. The lowest BCUT2D eigenvalue weighted by Crippen LogP contribution is -2.29. The molecule has 11 nitrogen and oxygen atoms in total. The van der Waals surface area contributed by atoms with Crippen molar-refractivity contribution in [1.82, 2.24) is 24.6 Å². The highest BCUT2D eigenvalue weighted by Gasteiger charge is 2.34. The number of hydrogen-bond donors (Lipinski definition) is 1. The number of rotatable bonds is 6. The van der Waals surface area contributed by atoms with Crippen molar-refractivity contribution < 1.29 is 26.9 Å². The van der Waals surface area contributed by atoms with Crippen LogP contribution in [-0.2, 0) is 35.0 Å². The average molecular weight is 654 g/mol. The van der Waals surface area contributed by atoms with E-state index in [1.807, 2.05) is 18.2 Å². The molecule has 1 fully saturated rings. The maximum atomic E-state index is 13.7. The van der Waals surface area contributed by atoms with E-state index in [-0.39, 0.29) is 33.6 Å². The van der Waals surface area contributed by atoms with Gasteiger partial charge in [0.15, 0.2) is 4.90 Å². The van der Waals surface area contributed by atoms with Gasteiger partial charge in [0.05, 0.1) is 22.5 Å². The molecular formula is C32H36ClN5O6S. The summed E-state index contributed by atoms with van der Waals surface area (Å²) in [5, 5.41) is 7.59. The number of benzene rings is 2. The summed E-state index contributed by atoms with van der Waals surface area (Å²) in [6.45, 7) is 9.86. The number of nitrogens with one attached hydrogen (secondary N) is 1. The molecule has 6 rings (SSSR count). The van der Waals surface area contributed by atoms with Gasteiger partial charge >= 0.3 is 16.2 Å². The molecule has 0 bridgehead atoms. The Balaban J connectivity index is 1.46. The summed E-state index contributed by atoms with van der Waals surface area (Å²) in [4.78, 5) is 29.2. The second kappa shape index (κ2) is 11.5. The first kappa shape index (κ1) is 31.1. The normalized spacial score (nSPS) is 15.7. The summed E-state index contributed by atoms with van der Waals surface area (Å²) in [6, 6.07) is 11.0. The van der Waals surface area contributed by atoms with Gasteiger partial charge in [0, 0.05) is 36.7 Å². The Bertz CT molecular complexity index is 1950. The van der Waals surface area contributed by atoms with E-state index in [1.54, 1.807) is 26.8 Å². The van der Waals surface area contributed by atoms with Crippen LogP contribution in [0.3, 0.4) is 0 Å². The summed E-state index contributed by atoms with van der Waals surface area (Å²) < 4.78 is 40.8. The standard InChI is InChI=1S/C32H36ClN5O6S/c1-19-28(29(33)36(5)35-19)45(41,42)44-26-12-10-22(27-23(26)17-34-30(27)39)25-16-21-15-20(18-37-13-7-6-8-14-37)9-11-24(21)38(25)31(40)43-32(2,3)4/h9-12,15-16H,6-8,13-14,17-18H2,1-5H3,(H,34,39). The lowest BCUT2D eigenvalue weighted by molar-refractivity contribution is 0.0546. The number of halogens is 1. The van der Waals surface area contributed by atoms with Gasteiger partial charge in [-0.25, -0.2) is 9.36 Å². The van der Waals surface area contributed by atoms with Gasteiger partial charge in [0.25, 0.3) is 5.91 Å². The molecule has 1 amide bonds. The van der Waals surface area contributed by atoms with Crippen LogP contribution in [-0.4, -0.2) is 58.4 Å². The first-order valence-electron chi connectivity index (χ1n) is 14.9. The minimum Gasteiger partial charge on any atom is -0.443 e. The van der Waals surface area contributed by atoms with Crippen LogP contribution < -0.4 is 9.50 Å². The molecule has 0 atom stereocenters. The zero-order valence-corrected chi connectivity index (χ0v) is 27.5. The first-order chi connectivity index (χ1) is 21.2. The van der Waals surface area contributed by atoms with E-state index in [9.17, 15) is 18.0 Å². The molecule has 1 N–H and O–H groups in total. The van der Waals surface area contributed by atoms with Crippen molar-refractivity contribution in [1.29, 1.82) is 0 Å². The topological polar surface area (TPSA) is 125 Å². The van der Waals surface area contributed by atoms with E-state index in [4.69, 9.17) is 20.5 Å². The second-order valence-corrected chi connectivity index (χ2v) is 14.4. The highest BCUT2D eigenvalue weighted by molar-refractivity contribution is 7.87. The fourth-order valence-electron chi connectivity index (χ4n) is 6.11. The highest BCUT2D eigenvalue weighted by atomic mass is 35.5. The van der Waals surface area contributed by atoms with Gasteiger partial charge in [-0.05, 0) is 89.5 Å². The van der Waals surface area contributed by atoms with Crippen molar-refractivity contribution in [2.45, 2.75) is 70.5 Å². The fraction of sp³-hybridized carbons (Fsp3) is 0.406. The lowest BCUT2D eigenvalue weighted by atomic mass is 9.99. The number of likely N-dealkylation sites (tertiary alicyclic amines) is 1. The van der Waals surface area contributed by atoms with E-state index in [0.29, 0.717) is 22.3 Å². The Hall–Kier alpha value is -3.87. The van der Waals surface area contributed by atoms with E-state index in [0.717, 1.165) is 30.6 Å². The number of carbonyl (C=O) groups excluding carboxylic acids is 2. The largest absolute Gasteiger partial charge is 0.443 e. The zero-order chi connectivity index (χ0) is 32.3. The Morgan fingerprint density at radius 2 is 1.82 bits per heavy atom. The number of aromatic nitrogens is 3. The molecule has 13 heteroatoms. The molecule has 0 radical (unpaired) electrons. The zero-order valence-electron chi connectivity index (χ0n) is 25.9. The molecule has 0 spiro atoms. The summed E-state index contributed by atoms with van der Waals surface area (Å²) in [6.07, 6.45) is 3.03. The molecule has 2 aliphatic heterocycles. The van der Waals surface area contributed by atoms with Gasteiger partial charge in [-0.15, -0.1) is 0 Å². The molecule has 2 aliphatic rings. The van der Waals surface area contributed by atoms with Crippen LogP contribution in [0.5, 0.6) is 5.75 Å². The lowest BCUT2D eigenvalue weighted by Gasteiger charge is -2.26. The van der Waals surface area contributed by atoms with E-state index in [1.165, 1.54) is 48.5 Å². The number of nitrogens with zero attached hydrogens (tertiary/aromatic N) is 4. The van der Waals surface area contributed by atoms with Crippen molar-refractivity contribution in [2.24, 2.45) is 7.05 Å². The van der Waals surface area contributed by atoms with Gasteiger partial charge in [0.2, 0.25) is 0 Å². The maximum Gasteiger partial charge on any atom is 0.419 e. The van der Waals surface area contributed by atoms with Crippen molar-refractivity contribution >= 4 is 44.6 Å². The maximum absolute atomic E-state index is 13.7. The van der Waals surface area contributed by atoms with Crippen LogP contribution in [0, 0.1) is 6.92 Å². The summed E-state index contributed by atoms with van der Waals surface area (Å²) in [7, 11) is -2.86. The van der Waals surface area contributed by atoms with Crippen molar-refractivity contribution in [3.8, 4) is 17.0 Å². The predicted molar refractivity (Wildman–Crippen MR) is 170 cm³/mol. The molecule has 4 aromatic rings. The van der Waals surface area contributed by atoms with Crippen molar-refractivity contribution in [3.05, 3.63) is 63.9 Å². The number of carbonyl (C=O) groups is 2. The number of ether oxygens (including phenoxy) is 1. The molecule has 1 saturated heterocycles. The van der Waals surface area contributed by atoms with Crippen LogP contribution in [0.1, 0.15) is 67.2 Å². The van der Waals surface area contributed by atoms with Crippen LogP contribution in [0.15, 0.2) is 41.3 Å². The molecular weight excluding hydrogens is 618 g/mol. The third kappa shape index (κ3) is 5.94. The molecule has 0 saturated carbocycles.